The van der Waals surface area contributed by atoms with Gasteiger partial charge < -0.3 is 10.2 Å². The molecule has 0 spiro atoms. The third kappa shape index (κ3) is 2.43. The Hall–Kier alpha value is -0.960. The van der Waals surface area contributed by atoms with Crippen molar-refractivity contribution >= 4 is 55.6 Å². The molecule has 3 rings (SSSR count). The number of rotatable bonds is 5. The second kappa shape index (κ2) is 5.84. The lowest BCUT2D eigenvalue weighted by molar-refractivity contribution is -0.156. The molecule has 9 heteroatoms. The molecule has 2 amide bonds. The molecule has 2 saturated carbocycles. The smallest absolute Gasteiger partial charge is 0.326 e. The Morgan fingerprint density at radius 2 is 1.57 bits per heavy atom. The monoisotopic (exact) mass is 451 g/mol. The van der Waals surface area contributed by atoms with Crippen molar-refractivity contribution in [3.8, 4) is 0 Å². The Morgan fingerprint density at radius 3 is 1.96 bits per heavy atom. The molecule has 126 valence electrons. The molecule has 2 aliphatic carbocycles. The average molecular weight is 453 g/mol. The van der Waals surface area contributed by atoms with Crippen molar-refractivity contribution in [3.05, 3.63) is 0 Å². The van der Waals surface area contributed by atoms with E-state index in [4.69, 9.17) is 5.11 Å². The number of fused-ring (bicyclic) bond motifs is 5. The summed E-state index contributed by atoms with van der Waals surface area (Å²) >= 11 is 7.11. The fraction of sp³-hybridized carbons (Fsp3) is 0.714. The third-order valence-corrected chi connectivity index (χ3v) is 8.46. The van der Waals surface area contributed by atoms with Crippen molar-refractivity contribution in [2.45, 2.75) is 35.0 Å². The number of halogens is 2. The van der Waals surface area contributed by atoms with Crippen LogP contribution in [0.15, 0.2) is 0 Å². The van der Waals surface area contributed by atoms with Gasteiger partial charge in [-0.25, -0.2) is 4.79 Å². The molecule has 1 aliphatic heterocycles. The second-order valence-electron chi connectivity index (χ2n) is 6.34. The van der Waals surface area contributed by atoms with Gasteiger partial charge in [0, 0.05) is 16.1 Å². The number of carboxylic acid groups (broad SMARTS) is 2. The van der Waals surface area contributed by atoms with Gasteiger partial charge in [0.25, 0.3) is 0 Å². The molecule has 1 heterocycles. The molecule has 3 aliphatic rings. The van der Waals surface area contributed by atoms with Crippen LogP contribution in [0.2, 0.25) is 0 Å². The van der Waals surface area contributed by atoms with E-state index in [0.29, 0.717) is 0 Å². The molecule has 0 radical (unpaired) electrons. The first-order valence-corrected chi connectivity index (χ1v) is 9.18. The zero-order valence-corrected chi connectivity index (χ0v) is 15.1. The van der Waals surface area contributed by atoms with Crippen LogP contribution >= 0.6 is 31.9 Å². The number of likely N-dealkylation sites (tertiary alicyclic amines) is 1. The molecule has 1 saturated heterocycles. The van der Waals surface area contributed by atoms with E-state index >= 15 is 0 Å². The van der Waals surface area contributed by atoms with Gasteiger partial charge in [-0.2, -0.15) is 0 Å². The van der Waals surface area contributed by atoms with Crippen LogP contribution in [0, 0.1) is 23.7 Å². The summed E-state index contributed by atoms with van der Waals surface area (Å²) in [6.07, 6.45) is 0.0874. The Morgan fingerprint density at radius 1 is 1.09 bits per heavy atom. The van der Waals surface area contributed by atoms with Crippen LogP contribution in [-0.4, -0.2) is 54.6 Å². The van der Waals surface area contributed by atoms with E-state index < -0.39 is 48.1 Å². The van der Waals surface area contributed by atoms with Gasteiger partial charge in [0.1, 0.15) is 6.04 Å². The van der Waals surface area contributed by atoms with Gasteiger partial charge in [-0.15, -0.1) is 0 Å². The Labute approximate surface area is 148 Å². The Bertz CT molecular complexity index is 564. The number of carboxylic acids is 2. The van der Waals surface area contributed by atoms with Crippen molar-refractivity contribution in [1.82, 2.24) is 4.90 Å². The van der Waals surface area contributed by atoms with Crippen LogP contribution in [0.1, 0.15) is 19.3 Å². The quantitative estimate of drug-likeness (QED) is 0.476. The molecule has 2 N–H and O–H groups in total. The van der Waals surface area contributed by atoms with Crippen LogP contribution in [0.4, 0.5) is 0 Å². The van der Waals surface area contributed by atoms with Crippen LogP contribution in [0.3, 0.4) is 0 Å². The lowest BCUT2D eigenvalue weighted by Crippen LogP contribution is -2.46. The van der Waals surface area contributed by atoms with Crippen LogP contribution in [0.5, 0.6) is 0 Å². The van der Waals surface area contributed by atoms with Crippen molar-refractivity contribution in [2.75, 3.05) is 0 Å². The lowest BCUT2D eigenvalue weighted by Gasteiger charge is -2.28. The summed E-state index contributed by atoms with van der Waals surface area (Å²) in [5.74, 6) is -4.39. The highest BCUT2D eigenvalue weighted by molar-refractivity contribution is 9.12. The largest absolute Gasteiger partial charge is 0.481 e. The molecular formula is C14H15Br2NO6. The summed E-state index contributed by atoms with van der Waals surface area (Å²) in [7, 11) is 0. The van der Waals surface area contributed by atoms with Gasteiger partial charge in [-0.05, 0) is 24.7 Å². The highest BCUT2D eigenvalue weighted by Crippen LogP contribution is 2.60. The van der Waals surface area contributed by atoms with Gasteiger partial charge >= 0.3 is 11.9 Å². The fourth-order valence-corrected chi connectivity index (χ4v) is 6.18. The minimum Gasteiger partial charge on any atom is -0.481 e. The number of hydrogen-bond acceptors (Lipinski definition) is 4. The number of amides is 2. The second-order valence-corrected chi connectivity index (χ2v) is 8.45. The maximum absolute atomic E-state index is 12.7. The van der Waals surface area contributed by atoms with Crippen LogP contribution in [-0.2, 0) is 19.2 Å². The predicted molar refractivity (Wildman–Crippen MR) is 84.2 cm³/mol. The van der Waals surface area contributed by atoms with E-state index in [-0.39, 0.29) is 27.9 Å². The van der Waals surface area contributed by atoms with Gasteiger partial charge in [0.2, 0.25) is 11.8 Å². The molecule has 7 atom stereocenters. The number of alkyl halides is 2. The summed E-state index contributed by atoms with van der Waals surface area (Å²) in [6.45, 7) is 0. The van der Waals surface area contributed by atoms with Gasteiger partial charge in [-0.1, -0.05) is 31.9 Å². The first-order chi connectivity index (χ1) is 10.8. The molecule has 3 unspecified atom stereocenters. The molecule has 2 bridgehead atoms. The van der Waals surface area contributed by atoms with Crippen molar-refractivity contribution in [3.63, 3.8) is 0 Å². The number of nitrogens with zero attached hydrogens (tertiary/aromatic N) is 1. The number of hydrogen-bond donors (Lipinski definition) is 2. The highest BCUT2D eigenvalue weighted by Gasteiger charge is 2.67. The van der Waals surface area contributed by atoms with Gasteiger partial charge in [-0.3, -0.25) is 19.3 Å². The molecule has 0 aromatic carbocycles. The molecule has 3 fully saturated rings. The molecule has 0 aromatic heterocycles. The van der Waals surface area contributed by atoms with Crippen molar-refractivity contribution in [2.24, 2.45) is 23.7 Å². The first kappa shape index (κ1) is 16.9. The molecule has 23 heavy (non-hydrogen) atoms. The molecule has 0 aromatic rings. The minimum atomic E-state index is -1.40. The number of aliphatic carboxylic acids is 2. The minimum absolute atomic E-state index is 0.00439. The topological polar surface area (TPSA) is 112 Å². The predicted octanol–water partition coefficient (Wildman–Crippen LogP) is 1.08. The standard InChI is InChI=1S/C14H15Br2NO6/c15-10-4-3-5(11(10)16)9-8(4)12(20)17(13(9)21)6(14(22)23)1-2-7(18)19/h4-6,8-11H,1-3H2,(H,18,19)(H,22,23)/t4-,5+,6?,8-,9+,10?,11?. The lowest BCUT2D eigenvalue weighted by atomic mass is 9.81. The van der Waals surface area contributed by atoms with Crippen molar-refractivity contribution in [1.29, 1.82) is 0 Å². The number of carbonyl (C=O) groups is 4. The molecular weight excluding hydrogens is 438 g/mol. The Balaban J connectivity index is 1.87. The summed E-state index contributed by atoms with van der Waals surface area (Å²) < 4.78 is 0. The molecule has 7 nitrogen and oxygen atoms in total. The van der Waals surface area contributed by atoms with Crippen molar-refractivity contribution < 1.29 is 29.4 Å². The summed E-state index contributed by atoms with van der Waals surface area (Å²) in [4.78, 5) is 48.5. The van der Waals surface area contributed by atoms with E-state index in [9.17, 15) is 24.3 Å². The van der Waals surface area contributed by atoms with Crippen LogP contribution < -0.4 is 0 Å². The van der Waals surface area contributed by atoms with Gasteiger partial charge in [0.15, 0.2) is 0 Å². The van der Waals surface area contributed by atoms with Gasteiger partial charge in [0.05, 0.1) is 11.8 Å². The highest BCUT2D eigenvalue weighted by atomic mass is 79.9. The summed E-state index contributed by atoms with van der Waals surface area (Å²) in [6, 6.07) is -1.40. The third-order valence-electron chi connectivity index (χ3n) is 5.25. The summed E-state index contributed by atoms with van der Waals surface area (Å²) in [5, 5.41) is 18.1. The van der Waals surface area contributed by atoms with E-state index in [0.717, 1.165) is 11.3 Å². The zero-order chi connectivity index (χ0) is 17.0. The fourth-order valence-electron chi connectivity index (χ4n) is 4.30. The zero-order valence-electron chi connectivity index (χ0n) is 11.9. The maximum Gasteiger partial charge on any atom is 0.326 e. The normalized spacial score (nSPS) is 39.7. The average Bonchev–Trinajstić information content (AvgIpc) is 3.06. The SMILES string of the molecule is O=C(O)CCC(C(=O)O)N1C(=O)[C@@H]2[C@H](C1=O)[C@H]1C[C@@H]2C(Br)C1Br. The number of carbonyl (C=O) groups excluding carboxylic acids is 2. The van der Waals surface area contributed by atoms with E-state index in [1.165, 1.54) is 0 Å². The van der Waals surface area contributed by atoms with E-state index in [1.807, 2.05) is 0 Å². The van der Waals surface area contributed by atoms with E-state index in [2.05, 4.69) is 31.9 Å². The van der Waals surface area contributed by atoms with Crippen LogP contribution in [0.25, 0.3) is 0 Å². The maximum atomic E-state index is 12.7. The first-order valence-electron chi connectivity index (χ1n) is 7.35. The summed E-state index contributed by atoms with van der Waals surface area (Å²) in [5.41, 5.74) is 0. The van der Waals surface area contributed by atoms with E-state index in [1.54, 1.807) is 0 Å². The Kier molecular flexibility index (Phi) is 4.29. The number of imide groups is 1.